The molecule has 6 nitrogen and oxygen atoms in total. The lowest BCUT2D eigenvalue weighted by Crippen LogP contribution is -2.51. The SMILES string of the molecule is CC(=O)c1ccc(N2CCN(C(=O)COC(=O)C3(c4cccc(Cl)c4)CCC3)CC2)c(F)c1. The number of benzene rings is 2. The number of nitrogens with zero attached hydrogens (tertiary/aromatic N) is 2. The second-order valence-electron chi connectivity index (χ2n) is 8.61. The van der Waals surface area contributed by atoms with Crippen LogP contribution in [0.5, 0.6) is 0 Å². The molecule has 1 heterocycles. The molecule has 0 bridgehead atoms. The van der Waals surface area contributed by atoms with E-state index in [-0.39, 0.29) is 18.3 Å². The van der Waals surface area contributed by atoms with Gasteiger partial charge in [-0.25, -0.2) is 4.39 Å². The highest BCUT2D eigenvalue weighted by Crippen LogP contribution is 2.45. The molecule has 2 aromatic rings. The highest BCUT2D eigenvalue weighted by Gasteiger charge is 2.47. The Morgan fingerprint density at radius 1 is 1.06 bits per heavy atom. The Balaban J connectivity index is 1.31. The standard InChI is InChI=1S/C25H26ClFN2O4/c1-17(30)18-6-7-22(21(27)14-18)28-10-12-29(13-11-28)23(31)16-33-24(32)25(8-3-9-25)19-4-2-5-20(26)15-19/h2,4-7,14-15H,3,8-13,16H2,1H3. The third-order valence-electron chi connectivity index (χ3n) is 6.63. The smallest absolute Gasteiger partial charge is 0.317 e. The number of amides is 1. The van der Waals surface area contributed by atoms with Gasteiger partial charge in [-0.2, -0.15) is 0 Å². The van der Waals surface area contributed by atoms with Gasteiger partial charge in [0.15, 0.2) is 12.4 Å². The number of hydrogen-bond donors (Lipinski definition) is 0. The van der Waals surface area contributed by atoms with Crippen molar-refractivity contribution in [3.05, 3.63) is 64.4 Å². The monoisotopic (exact) mass is 472 g/mol. The summed E-state index contributed by atoms with van der Waals surface area (Å²) in [5, 5.41) is 0.563. The third kappa shape index (κ3) is 4.74. The van der Waals surface area contributed by atoms with Gasteiger partial charge in [-0.05, 0) is 55.7 Å². The van der Waals surface area contributed by atoms with Crippen molar-refractivity contribution in [2.75, 3.05) is 37.7 Å². The Morgan fingerprint density at radius 2 is 1.79 bits per heavy atom. The summed E-state index contributed by atoms with van der Waals surface area (Å²) in [4.78, 5) is 40.4. The summed E-state index contributed by atoms with van der Waals surface area (Å²) < 4.78 is 19.9. The molecule has 8 heteroatoms. The van der Waals surface area contributed by atoms with Crippen LogP contribution in [0.1, 0.15) is 42.1 Å². The van der Waals surface area contributed by atoms with Gasteiger partial charge < -0.3 is 14.5 Å². The summed E-state index contributed by atoms with van der Waals surface area (Å²) in [6, 6.07) is 11.7. The minimum Gasteiger partial charge on any atom is -0.455 e. The molecular weight excluding hydrogens is 447 g/mol. The van der Waals surface area contributed by atoms with Gasteiger partial charge in [0.25, 0.3) is 5.91 Å². The number of hydrogen-bond acceptors (Lipinski definition) is 5. The van der Waals surface area contributed by atoms with Gasteiger partial charge in [0.05, 0.1) is 11.1 Å². The summed E-state index contributed by atoms with van der Waals surface area (Å²) in [5.41, 5.74) is 0.832. The van der Waals surface area contributed by atoms with Gasteiger partial charge >= 0.3 is 5.97 Å². The van der Waals surface area contributed by atoms with Crippen molar-refractivity contribution < 1.29 is 23.5 Å². The van der Waals surface area contributed by atoms with Crippen molar-refractivity contribution in [2.45, 2.75) is 31.6 Å². The predicted octanol–water partition coefficient (Wildman–Crippen LogP) is 4.00. The van der Waals surface area contributed by atoms with E-state index >= 15 is 0 Å². The van der Waals surface area contributed by atoms with E-state index in [9.17, 15) is 18.8 Å². The summed E-state index contributed by atoms with van der Waals surface area (Å²) in [7, 11) is 0. The Labute approximate surface area is 197 Å². The van der Waals surface area contributed by atoms with E-state index in [4.69, 9.17) is 16.3 Å². The fourth-order valence-corrected chi connectivity index (χ4v) is 4.65. The molecule has 0 aromatic heterocycles. The van der Waals surface area contributed by atoms with Gasteiger partial charge in [0, 0.05) is 36.8 Å². The maximum atomic E-state index is 14.4. The molecule has 0 radical (unpaired) electrons. The number of carbonyl (C=O) groups excluding carboxylic acids is 3. The number of carbonyl (C=O) groups is 3. The second-order valence-corrected chi connectivity index (χ2v) is 9.05. The summed E-state index contributed by atoms with van der Waals surface area (Å²) >= 11 is 6.10. The maximum absolute atomic E-state index is 14.4. The summed E-state index contributed by atoms with van der Waals surface area (Å²) in [5.74, 6) is -1.31. The number of Topliss-reactive ketones (excluding diaryl/α,β-unsaturated/α-hetero) is 1. The molecule has 1 aliphatic carbocycles. The molecule has 1 saturated heterocycles. The number of ketones is 1. The number of ether oxygens (including phenoxy) is 1. The molecule has 0 atom stereocenters. The summed E-state index contributed by atoms with van der Waals surface area (Å²) in [6.45, 7) is 2.76. The average molecular weight is 473 g/mol. The first-order chi connectivity index (χ1) is 15.8. The largest absolute Gasteiger partial charge is 0.455 e. The topological polar surface area (TPSA) is 66.9 Å². The zero-order chi connectivity index (χ0) is 23.6. The highest BCUT2D eigenvalue weighted by atomic mass is 35.5. The van der Waals surface area contributed by atoms with Gasteiger partial charge in [-0.3, -0.25) is 14.4 Å². The van der Waals surface area contributed by atoms with Crippen molar-refractivity contribution in [1.82, 2.24) is 4.90 Å². The van der Waals surface area contributed by atoms with Crippen molar-refractivity contribution in [1.29, 1.82) is 0 Å². The maximum Gasteiger partial charge on any atom is 0.317 e. The molecule has 0 spiro atoms. The molecule has 2 fully saturated rings. The van der Waals surface area contributed by atoms with Crippen LogP contribution in [0, 0.1) is 5.82 Å². The molecule has 0 unspecified atom stereocenters. The van der Waals surface area contributed by atoms with Gasteiger partial charge in [0.1, 0.15) is 5.82 Å². The third-order valence-corrected chi connectivity index (χ3v) is 6.86. The Bertz CT molecular complexity index is 1080. The second kappa shape index (κ2) is 9.51. The lowest BCUT2D eigenvalue weighted by molar-refractivity contribution is -0.160. The van der Waals surface area contributed by atoms with Crippen LogP contribution in [0.3, 0.4) is 0 Å². The highest BCUT2D eigenvalue weighted by molar-refractivity contribution is 6.30. The van der Waals surface area contributed by atoms with Crippen LogP contribution in [0.15, 0.2) is 42.5 Å². The first-order valence-electron chi connectivity index (χ1n) is 11.1. The van der Waals surface area contributed by atoms with Crippen molar-refractivity contribution in [2.24, 2.45) is 0 Å². The number of piperazine rings is 1. The van der Waals surface area contributed by atoms with E-state index in [1.807, 2.05) is 17.0 Å². The van der Waals surface area contributed by atoms with E-state index < -0.39 is 17.2 Å². The quantitative estimate of drug-likeness (QED) is 0.469. The van der Waals surface area contributed by atoms with Crippen LogP contribution < -0.4 is 4.90 Å². The molecule has 1 aliphatic heterocycles. The van der Waals surface area contributed by atoms with Crippen molar-refractivity contribution >= 4 is 34.9 Å². The van der Waals surface area contributed by atoms with E-state index in [1.165, 1.54) is 13.0 Å². The van der Waals surface area contributed by atoms with E-state index in [1.54, 1.807) is 29.2 Å². The van der Waals surface area contributed by atoms with E-state index in [0.29, 0.717) is 55.3 Å². The lowest BCUT2D eigenvalue weighted by Gasteiger charge is -2.40. The summed E-state index contributed by atoms with van der Waals surface area (Å²) in [6.07, 6.45) is 2.27. The molecule has 1 amide bonds. The molecule has 2 aliphatic rings. The first-order valence-corrected chi connectivity index (χ1v) is 11.4. The Kier molecular flexibility index (Phi) is 6.70. The number of halogens is 2. The van der Waals surface area contributed by atoms with Crippen LogP contribution in [0.25, 0.3) is 0 Å². The Hall–Kier alpha value is -2.93. The molecule has 4 rings (SSSR count). The zero-order valence-electron chi connectivity index (χ0n) is 18.5. The molecular formula is C25H26ClFN2O4. The van der Waals surface area contributed by atoms with Gasteiger partial charge in [-0.15, -0.1) is 0 Å². The lowest BCUT2D eigenvalue weighted by atomic mass is 9.64. The predicted molar refractivity (Wildman–Crippen MR) is 123 cm³/mol. The van der Waals surface area contributed by atoms with Crippen LogP contribution in [0.2, 0.25) is 5.02 Å². The number of esters is 1. The fraction of sp³-hybridized carbons (Fsp3) is 0.400. The van der Waals surface area contributed by atoms with Crippen LogP contribution >= 0.6 is 11.6 Å². The van der Waals surface area contributed by atoms with Crippen LogP contribution in [0.4, 0.5) is 10.1 Å². The van der Waals surface area contributed by atoms with E-state index in [2.05, 4.69) is 0 Å². The molecule has 2 aromatic carbocycles. The fourth-order valence-electron chi connectivity index (χ4n) is 4.46. The van der Waals surface area contributed by atoms with Gasteiger partial charge in [0.2, 0.25) is 0 Å². The van der Waals surface area contributed by atoms with Crippen LogP contribution in [-0.4, -0.2) is 55.3 Å². The molecule has 0 N–H and O–H groups in total. The molecule has 33 heavy (non-hydrogen) atoms. The number of anilines is 1. The number of rotatable bonds is 6. The van der Waals surface area contributed by atoms with Gasteiger partial charge in [-0.1, -0.05) is 30.2 Å². The average Bonchev–Trinajstić information content (AvgIpc) is 2.77. The van der Waals surface area contributed by atoms with Crippen molar-refractivity contribution in [3.8, 4) is 0 Å². The van der Waals surface area contributed by atoms with Crippen LogP contribution in [-0.2, 0) is 19.7 Å². The Morgan fingerprint density at radius 3 is 2.36 bits per heavy atom. The minimum atomic E-state index is -0.729. The first kappa shape index (κ1) is 23.2. The normalized spacial score (nSPS) is 17.3. The molecule has 174 valence electrons. The zero-order valence-corrected chi connectivity index (χ0v) is 19.2. The minimum absolute atomic E-state index is 0.190. The van der Waals surface area contributed by atoms with E-state index in [0.717, 1.165) is 12.0 Å². The van der Waals surface area contributed by atoms with Crippen molar-refractivity contribution in [3.63, 3.8) is 0 Å². The molecule has 1 saturated carbocycles.